The molecule has 1 fully saturated rings. The summed E-state index contributed by atoms with van der Waals surface area (Å²) in [5, 5.41) is 9.40. The second-order valence-electron chi connectivity index (χ2n) is 4.29. The molecular weight excluding hydrogens is 286 g/mol. The monoisotopic (exact) mass is 299 g/mol. The van der Waals surface area contributed by atoms with Crippen LogP contribution in [0.4, 0.5) is 0 Å². The van der Waals surface area contributed by atoms with Gasteiger partial charge in [0.1, 0.15) is 5.75 Å². The second-order valence-corrected chi connectivity index (χ2v) is 4.73. The Morgan fingerprint density at radius 3 is 2.90 bits per heavy atom. The van der Waals surface area contributed by atoms with Gasteiger partial charge in [-0.3, -0.25) is 4.79 Å². The highest BCUT2D eigenvalue weighted by atomic mass is 35.5. The Balaban J connectivity index is 2.20. The van der Waals surface area contributed by atoms with E-state index in [1.165, 1.54) is 12.0 Å². The third kappa shape index (κ3) is 3.02. The van der Waals surface area contributed by atoms with Crippen molar-refractivity contribution in [2.24, 2.45) is 0 Å². The highest BCUT2D eigenvalue weighted by Crippen LogP contribution is 2.25. The number of morpholine rings is 1. The van der Waals surface area contributed by atoms with Gasteiger partial charge in [0.05, 0.1) is 25.8 Å². The van der Waals surface area contributed by atoms with Crippen molar-refractivity contribution in [3.63, 3.8) is 0 Å². The number of carboxylic acids is 1. The summed E-state index contributed by atoms with van der Waals surface area (Å²) in [7, 11) is 1.45. The van der Waals surface area contributed by atoms with Gasteiger partial charge in [0, 0.05) is 11.6 Å². The molecule has 0 radical (unpaired) electrons. The second kappa shape index (κ2) is 6.11. The van der Waals surface area contributed by atoms with Crippen molar-refractivity contribution in [3.8, 4) is 5.75 Å². The number of methoxy groups -OCH3 is 1. The molecule has 1 N–H and O–H groups in total. The first kappa shape index (κ1) is 14.6. The first-order valence-corrected chi connectivity index (χ1v) is 6.38. The lowest BCUT2D eigenvalue weighted by molar-refractivity contribution is -0.154. The molecule has 0 bridgehead atoms. The number of carbonyl (C=O) groups is 2. The van der Waals surface area contributed by atoms with Crippen molar-refractivity contribution < 1.29 is 24.2 Å². The smallest absolute Gasteiger partial charge is 0.334 e. The number of carbonyl (C=O) groups excluding carboxylic acids is 1. The zero-order chi connectivity index (χ0) is 14.7. The van der Waals surface area contributed by atoms with Crippen molar-refractivity contribution in [1.29, 1.82) is 0 Å². The highest BCUT2D eigenvalue weighted by molar-refractivity contribution is 6.30. The van der Waals surface area contributed by atoms with Gasteiger partial charge in [-0.25, -0.2) is 4.79 Å². The van der Waals surface area contributed by atoms with E-state index in [-0.39, 0.29) is 19.1 Å². The Morgan fingerprint density at radius 1 is 1.50 bits per heavy atom. The van der Waals surface area contributed by atoms with Gasteiger partial charge in [-0.05, 0) is 18.2 Å². The van der Waals surface area contributed by atoms with Gasteiger partial charge < -0.3 is 19.5 Å². The first-order chi connectivity index (χ1) is 9.52. The van der Waals surface area contributed by atoms with Gasteiger partial charge in [0.2, 0.25) is 0 Å². The van der Waals surface area contributed by atoms with Crippen molar-refractivity contribution >= 4 is 23.5 Å². The molecule has 1 aliphatic heterocycles. The van der Waals surface area contributed by atoms with Crippen LogP contribution in [0.3, 0.4) is 0 Å². The van der Waals surface area contributed by atoms with Gasteiger partial charge in [-0.1, -0.05) is 11.6 Å². The molecule has 0 aliphatic carbocycles. The predicted molar refractivity (Wildman–Crippen MR) is 71.3 cm³/mol. The van der Waals surface area contributed by atoms with Crippen LogP contribution in [-0.4, -0.2) is 54.8 Å². The minimum absolute atomic E-state index is 0.0138. The summed E-state index contributed by atoms with van der Waals surface area (Å²) >= 11 is 5.85. The Morgan fingerprint density at radius 2 is 2.25 bits per heavy atom. The maximum atomic E-state index is 12.4. The van der Waals surface area contributed by atoms with Crippen LogP contribution >= 0.6 is 11.6 Å². The Bertz CT molecular complexity index is 533. The molecule has 1 aromatic carbocycles. The van der Waals surface area contributed by atoms with E-state index in [9.17, 15) is 9.59 Å². The molecule has 0 spiro atoms. The van der Waals surface area contributed by atoms with Gasteiger partial charge in [0.25, 0.3) is 5.91 Å². The van der Waals surface area contributed by atoms with Crippen molar-refractivity contribution in [1.82, 2.24) is 4.90 Å². The van der Waals surface area contributed by atoms with Crippen LogP contribution in [0.15, 0.2) is 18.2 Å². The van der Waals surface area contributed by atoms with E-state index < -0.39 is 12.1 Å². The SMILES string of the molecule is COc1cc(Cl)ccc1C(=O)N1CCOC(C(=O)O)C1. The normalized spacial score (nSPS) is 18.7. The Labute approximate surface area is 120 Å². The average Bonchev–Trinajstić information content (AvgIpc) is 2.46. The lowest BCUT2D eigenvalue weighted by Crippen LogP contribution is -2.48. The minimum Gasteiger partial charge on any atom is -0.496 e. The summed E-state index contributed by atoms with van der Waals surface area (Å²) in [5.74, 6) is -1.01. The molecule has 0 aromatic heterocycles. The number of amides is 1. The molecule has 1 unspecified atom stereocenters. The molecule has 1 atom stereocenters. The number of hydrogen-bond acceptors (Lipinski definition) is 4. The highest BCUT2D eigenvalue weighted by Gasteiger charge is 2.30. The lowest BCUT2D eigenvalue weighted by atomic mass is 10.1. The summed E-state index contributed by atoms with van der Waals surface area (Å²) in [6.07, 6.45) is -0.994. The maximum absolute atomic E-state index is 12.4. The van der Waals surface area contributed by atoms with Crippen LogP contribution in [-0.2, 0) is 9.53 Å². The molecule has 1 amide bonds. The number of hydrogen-bond donors (Lipinski definition) is 1. The number of halogens is 1. The molecule has 1 aromatic rings. The number of nitrogens with zero attached hydrogens (tertiary/aromatic N) is 1. The van der Waals surface area contributed by atoms with Gasteiger partial charge >= 0.3 is 5.97 Å². The molecule has 6 nitrogen and oxygen atoms in total. The fourth-order valence-electron chi connectivity index (χ4n) is 2.00. The largest absolute Gasteiger partial charge is 0.496 e. The standard InChI is InChI=1S/C13H14ClNO5/c1-19-10-6-8(14)2-3-9(10)12(16)15-4-5-20-11(7-15)13(17)18/h2-3,6,11H,4-5,7H2,1H3,(H,17,18). The summed E-state index contributed by atoms with van der Waals surface area (Å²) in [6, 6.07) is 4.70. The molecular formula is C13H14ClNO5. The first-order valence-electron chi connectivity index (χ1n) is 6.00. The molecule has 1 saturated heterocycles. The van der Waals surface area contributed by atoms with Gasteiger partial charge in [0.15, 0.2) is 6.10 Å². The third-order valence-electron chi connectivity index (χ3n) is 3.02. The molecule has 2 rings (SSSR count). The number of benzene rings is 1. The summed E-state index contributed by atoms with van der Waals surface area (Å²) in [6.45, 7) is 0.549. The molecule has 1 heterocycles. The van der Waals surface area contributed by atoms with E-state index in [0.29, 0.717) is 22.9 Å². The van der Waals surface area contributed by atoms with Crippen LogP contribution in [0.25, 0.3) is 0 Å². The van der Waals surface area contributed by atoms with Crippen molar-refractivity contribution in [2.75, 3.05) is 26.8 Å². The van der Waals surface area contributed by atoms with Gasteiger partial charge in [-0.2, -0.15) is 0 Å². The number of aliphatic carboxylic acids is 1. The number of ether oxygens (including phenoxy) is 2. The fraction of sp³-hybridized carbons (Fsp3) is 0.385. The van der Waals surface area contributed by atoms with Gasteiger partial charge in [-0.15, -0.1) is 0 Å². The zero-order valence-corrected chi connectivity index (χ0v) is 11.6. The summed E-state index contributed by atoms with van der Waals surface area (Å²) < 4.78 is 10.2. The average molecular weight is 300 g/mol. The molecule has 7 heteroatoms. The summed E-state index contributed by atoms with van der Waals surface area (Å²) in [5.41, 5.74) is 0.350. The van der Waals surface area contributed by atoms with Crippen molar-refractivity contribution in [2.45, 2.75) is 6.10 Å². The van der Waals surface area contributed by atoms with Crippen LogP contribution in [0.2, 0.25) is 5.02 Å². The van der Waals surface area contributed by atoms with E-state index >= 15 is 0 Å². The van der Waals surface area contributed by atoms with E-state index in [2.05, 4.69) is 0 Å². The zero-order valence-electron chi connectivity index (χ0n) is 10.8. The summed E-state index contributed by atoms with van der Waals surface area (Å²) in [4.78, 5) is 24.8. The Hall–Kier alpha value is -1.79. The van der Waals surface area contributed by atoms with Crippen LogP contribution in [0.1, 0.15) is 10.4 Å². The molecule has 20 heavy (non-hydrogen) atoms. The van der Waals surface area contributed by atoms with Crippen LogP contribution in [0.5, 0.6) is 5.75 Å². The topological polar surface area (TPSA) is 76.1 Å². The van der Waals surface area contributed by atoms with E-state index in [4.69, 9.17) is 26.2 Å². The lowest BCUT2D eigenvalue weighted by Gasteiger charge is -2.31. The van der Waals surface area contributed by atoms with E-state index in [0.717, 1.165) is 0 Å². The molecule has 1 aliphatic rings. The van der Waals surface area contributed by atoms with Crippen LogP contribution in [0, 0.1) is 0 Å². The maximum Gasteiger partial charge on any atom is 0.334 e. The van der Waals surface area contributed by atoms with Crippen molar-refractivity contribution in [3.05, 3.63) is 28.8 Å². The third-order valence-corrected chi connectivity index (χ3v) is 3.26. The van der Waals surface area contributed by atoms with Crippen LogP contribution < -0.4 is 4.74 Å². The molecule has 108 valence electrons. The quantitative estimate of drug-likeness (QED) is 0.910. The predicted octanol–water partition coefficient (Wildman–Crippen LogP) is 1.27. The Kier molecular flexibility index (Phi) is 4.46. The molecule has 0 saturated carbocycles. The minimum atomic E-state index is -1.08. The number of rotatable bonds is 3. The number of carboxylic acid groups (broad SMARTS) is 1. The fourth-order valence-corrected chi connectivity index (χ4v) is 2.16. The van der Waals surface area contributed by atoms with E-state index in [1.54, 1.807) is 18.2 Å². The van der Waals surface area contributed by atoms with E-state index in [1.807, 2.05) is 0 Å².